The van der Waals surface area contributed by atoms with Crippen LogP contribution in [-0.4, -0.2) is 18.1 Å². The van der Waals surface area contributed by atoms with Crippen molar-refractivity contribution in [3.8, 4) is 5.88 Å². The van der Waals surface area contributed by atoms with Gasteiger partial charge in [0.2, 0.25) is 5.88 Å². The second-order valence-electron chi connectivity index (χ2n) is 5.72. The lowest BCUT2D eigenvalue weighted by Gasteiger charge is -2.32. The molecule has 0 spiro atoms. The van der Waals surface area contributed by atoms with Crippen LogP contribution in [0.25, 0.3) is 0 Å². The van der Waals surface area contributed by atoms with Crippen molar-refractivity contribution in [1.29, 1.82) is 0 Å². The lowest BCUT2D eigenvalue weighted by molar-refractivity contribution is 0.276. The molecule has 1 fully saturated rings. The highest BCUT2D eigenvalue weighted by Crippen LogP contribution is 2.39. The highest BCUT2D eigenvalue weighted by molar-refractivity contribution is 5.35. The van der Waals surface area contributed by atoms with Crippen molar-refractivity contribution < 1.29 is 4.74 Å². The molecule has 1 saturated carbocycles. The molecule has 0 radical (unpaired) electrons. The minimum atomic E-state index is 0.383. The summed E-state index contributed by atoms with van der Waals surface area (Å²) in [7, 11) is 1.69. The maximum Gasteiger partial charge on any atom is 0.216 e. The number of methoxy groups -OCH3 is 1. The van der Waals surface area contributed by atoms with Gasteiger partial charge in [0.05, 0.1) is 7.11 Å². The van der Waals surface area contributed by atoms with Crippen LogP contribution in [0.1, 0.15) is 56.1 Å². The molecule has 0 bridgehead atoms. The number of nitrogens with zero attached hydrogens (tertiary/aromatic N) is 1. The third-order valence-electron chi connectivity index (χ3n) is 4.68. The van der Waals surface area contributed by atoms with Crippen LogP contribution in [0.15, 0.2) is 12.3 Å². The summed E-state index contributed by atoms with van der Waals surface area (Å²) in [5, 5.41) is 0. The van der Waals surface area contributed by atoms with Crippen molar-refractivity contribution in [2.75, 3.05) is 7.11 Å². The van der Waals surface area contributed by atoms with E-state index in [9.17, 15) is 0 Å². The Morgan fingerprint density at radius 2 is 2.05 bits per heavy atom. The fourth-order valence-electron chi connectivity index (χ4n) is 3.37. The van der Waals surface area contributed by atoms with Gasteiger partial charge in [-0.05, 0) is 62.5 Å². The quantitative estimate of drug-likeness (QED) is 0.904. The number of rotatable bonds is 4. The fraction of sp³-hybridized carbons (Fsp3) is 0.688. The standard InChI is InChI=1S/C16H26N2O/c1-4-15(17)13-7-5-12(6-8-13)14-9-10-18-16(19-3)11(14)2/h9-10,12-13,15H,4-8,17H2,1-3H3. The van der Waals surface area contributed by atoms with E-state index in [4.69, 9.17) is 10.5 Å². The Hall–Kier alpha value is -1.09. The molecule has 1 aliphatic rings. The predicted molar refractivity (Wildman–Crippen MR) is 78.5 cm³/mol. The number of ether oxygens (including phenoxy) is 1. The van der Waals surface area contributed by atoms with E-state index in [1.165, 1.54) is 36.8 Å². The van der Waals surface area contributed by atoms with Crippen molar-refractivity contribution in [2.24, 2.45) is 11.7 Å². The summed E-state index contributed by atoms with van der Waals surface area (Å²) in [5.41, 5.74) is 8.79. The maximum atomic E-state index is 6.18. The van der Waals surface area contributed by atoms with E-state index in [0.717, 1.165) is 12.3 Å². The van der Waals surface area contributed by atoms with Gasteiger partial charge in [-0.2, -0.15) is 0 Å². The van der Waals surface area contributed by atoms with Gasteiger partial charge in [-0.25, -0.2) is 4.98 Å². The molecule has 3 heteroatoms. The summed E-state index contributed by atoms with van der Waals surface area (Å²) in [6.07, 6.45) is 7.95. The zero-order chi connectivity index (χ0) is 13.8. The van der Waals surface area contributed by atoms with E-state index in [2.05, 4.69) is 24.9 Å². The van der Waals surface area contributed by atoms with Crippen molar-refractivity contribution in [3.05, 3.63) is 23.4 Å². The topological polar surface area (TPSA) is 48.1 Å². The summed E-state index contributed by atoms with van der Waals surface area (Å²) in [4.78, 5) is 4.27. The van der Waals surface area contributed by atoms with E-state index in [0.29, 0.717) is 17.9 Å². The van der Waals surface area contributed by atoms with Gasteiger partial charge in [0.15, 0.2) is 0 Å². The normalized spacial score (nSPS) is 25.1. The van der Waals surface area contributed by atoms with E-state index in [1.54, 1.807) is 7.11 Å². The smallest absolute Gasteiger partial charge is 0.216 e. The number of hydrogen-bond donors (Lipinski definition) is 1. The Labute approximate surface area is 116 Å². The zero-order valence-corrected chi connectivity index (χ0v) is 12.4. The molecular weight excluding hydrogens is 236 g/mol. The molecule has 0 amide bonds. The van der Waals surface area contributed by atoms with Crippen LogP contribution < -0.4 is 10.5 Å². The summed E-state index contributed by atoms with van der Waals surface area (Å²) < 4.78 is 5.32. The zero-order valence-electron chi connectivity index (χ0n) is 12.4. The first-order valence-electron chi connectivity index (χ1n) is 7.42. The third kappa shape index (κ3) is 3.08. The first-order chi connectivity index (χ1) is 9.17. The number of pyridine rings is 1. The largest absolute Gasteiger partial charge is 0.481 e. The van der Waals surface area contributed by atoms with Gasteiger partial charge < -0.3 is 10.5 Å². The Bertz CT molecular complexity index is 411. The van der Waals surface area contributed by atoms with Crippen LogP contribution in [0, 0.1) is 12.8 Å². The number of nitrogens with two attached hydrogens (primary N) is 1. The van der Waals surface area contributed by atoms with Gasteiger partial charge in [-0.15, -0.1) is 0 Å². The summed E-state index contributed by atoms with van der Waals surface area (Å²) in [6.45, 7) is 4.31. The van der Waals surface area contributed by atoms with Gasteiger partial charge >= 0.3 is 0 Å². The fourth-order valence-corrected chi connectivity index (χ4v) is 3.37. The van der Waals surface area contributed by atoms with Gasteiger partial charge in [0, 0.05) is 17.8 Å². The average molecular weight is 262 g/mol. The third-order valence-corrected chi connectivity index (χ3v) is 4.68. The molecule has 19 heavy (non-hydrogen) atoms. The summed E-state index contributed by atoms with van der Waals surface area (Å²) in [6, 6.07) is 2.54. The Balaban J connectivity index is 2.06. The molecule has 1 unspecified atom stereocenters. The molecule has 2 N–H and O–H groups in total. The highest BCUT2D eigenvalue weighted by atomic mass is 16.5. The summed E-state index contributed by atoms with van der Waals surface area (Å²) >= 11 is 0. The van der Waals surface area contributed by atoms with Crippen LogP contribution in [0.4, 0.5) is 0 Å². The van der Waals surface area contributed by atoms with Crippen LogP contribution >= 0.6 is 0 Å². The molecule has 1 atom stereocenters. The van der Waals surface area contributed by atoms with Crippen LogP contribution in [0.2, 0.25) is 0 Å². The lowest BCUT2D eigenvalue weighted by atomic mass is 9.75. The monoisotopic (exact) mass is 262 g/mol. The molecule has 1 aromatic rings. The molecule has 1 heterocycles. The molecule has 106 valence electrons. The van der Waals surface area contributed by atoms with Crippen LogP contribution in [0.5, 0.6) is 5.88 Å². The first-order valence-corrected chi connectivity index (χ1v) is 7.42. The number of aromatic nitrogens is 1. The second-order valence-corrected chi connectivity index (χ2v) is 5.72. The molecule has 1 aromatic heterocycles. The van der Waals surface area contributed by atoms with Crippen molar-refractivity contribution in [2.45, 2.75) is 57.9 Å². The lowest BCUT2D eigenvalue weighted by Crippen LogP contribution is -2.32. The highest BCUT2D eigenvalue weighted by Gasteiger charge is 2.26. The molecule has 3 nitrogen and oxygen atoms in total. The molecule has 0 aliphatic heterocycles. The first kappa shape index (κ1) is 14.3. The molecule has 1 aliphatic carbocycles. The van der Waals surface area contributed by atoms with Crippen molar-refractivity contribution in [1.82, 2.24) is 4.98 Å². The average Bonchev–Trinajstić information content (AvgIpc) is 2.47. The Kier molecular flexibility index (Phi) is 4.81. The number of hydrogen-bond acceptors (Lipinski definition) is 3. The van der Waals surface area contributed by atoms with Gasteiger partial charge in [-0.1, -0.05) is 6.92 Å². The Morgan fingerprint density at radius 3 is 2.63 bits per heavy atom. The minimum Gasteiger partial charge on any atom is -0.481 e. The van der Waals surface area contributed by atoms with Gasteiger partial charge in [-0.3, -0.25) is 0 Å². The van der Waals surface area contributed by atoms with Crippen LogP contribution in [-0.2, 0) is 0 Å². The predicted octanol–water partition coefficient (Wildman–Crippen LogP) is 3.41. The SMILES string of the molecule is CCC(N)C1CCC(c2ccnc(OC)c2C)CC1. The maximum absolute atomic E-state index is 6.18. The minimum absolute atomic E-state index is 0.383. The van der Waals surface area contributed by atoms with Crippen molar-refractivity contribution in [3.63, 3.8) is 0 Å². The van der Waals surface area contributed by atoms with Crippen LogP contribution in [0.3, 0.4) is 0 Å². The van der Waals surface area contributed by atoms with E-state index >= 15 is 0 Å². The molecule has 2 rings (SSSR count). The molecular formula is C16H26N2O. The van der Waals surface area contributed by atoms with E-state index < -0.39 is 0 Å². The Morgan fingerprint density at radius 1 is 1.37 bits per heavy atom. The van der Waals surface area contributed by atoms with Gasteiger partial charge in [0.1, 0.15) is 0 Å². The van der Waals surface area contributed by atoms with E-state index in [-0.39, 0.29) is 0 Å². The van der Waals surface area contributed by atoms with Crippen molar-refractivity contribution >= 4 is 0 Å². The van der Waals surface area contributed by atoms with Gasteiger partial charge in [0.25, 0.3) is 0 Å². The summed E-state index contributed by atoms with van der Waals surface area (Å²) in [5.74, 6) is 2.13. The molecule has 0 saturated heterocycles. The second kappa shape index (κ2) is 6.38. The molecule has 0 aromatic carbocycles. The van der Waals surface area contributed by atoms with E-state index in [1.807, 2.05) is 6.20 Å².